The molecule has 204 valence electrons. The van der Waals surface area contributed by atoms with Crippen molar-refractivity contribution in [3.63, 3.8) is 0 Å². The minimum Gasteiger partial charge on any atom is -0.490 e. The molecule has 0 fully saturated rings. The van der Waals surface area contributed by atoms with Crippen molar-refractivity contribution in [1.29, 1.82) is 5.26 Å². The highest BCUT2D eigenvalue weighted by Gasteiger charge is 2.33. The minimum absolute atomic E-state index is 0.126. The van der Waals surface area contributed by atoms with Gasteiger partial charge in [-0.3, -0.25) is 4.68 Å². The molecule has 4 rings (SSSR count). The highest BCUT2D eigenvalue weighted by molar-refractivity contribution is 5.84. The molecule has 14 heteroatoms. The fourth-order valence-electron chi connectivity index (χ4n) is 3.76. The van der Waals surface area contributed by atoms with Crippen LogP contribution in [0.25, 0.3) is 16.9 Å². The summed E-state index contributed by atoms with van der Waals surface area (Å²) in [4.78, 5) is 13.0. The number of aromatic nitrogens is 6. The zero-order valence-corrected chi connectivity index (χ0v) is 21.8. The summed E-state index contributed by atoms with van der Waals surface area (Å²) >= 11 is 0. The molecule has 0 aliphatic rings. The number of ether oxygens (including phenoxy) is 3. The van der Waals surface area contributed by atoms with Crippen LogP contribution in [0.2, 0.25) is 0 Å². The van der Waals surface area contributed by atoms with Crippen molar-refractivity contribution in [3.05, 3.63) is 53.7 Å². The number of anilines is 2. The Bertz CT molecular complexity index is 1540. The summed E-state index contributed by atoms with van der Waals surface area (Å²) in [5.74, 6) is -1.76. The van der Waals surface area contributed by atoms with Crippen LogP contribution in [0, 0.1) is 11.3 Å². The van der Waals surface area contributed by atoms with Crippen molar-refractivity contribution in [1.82, 2.24) is 29.3 Å². The summed E-state index contributed by atoms with van der Waals surface area (Å²) in [6.07, 6.45) is 3.73. The lowest BCUT2D eigenvalue weighted by Gasteiger charge is -2.13. The third-order valence-corrected chi connectivity index (χ3v) is 5.83. The average Bonchev–Trinajstić information content (AvgIpc) is 3.47. The molecule has 0 aliphatic carbocycles. The van der Waals surface area contributed by atoms with Crippen molar-refractivity contribution in [2.24, 2.45) is 19.8 Å². The number of pyridine rings is 2. The summed E-state index contributed by atoms with van der Waals surface area (Å²) in [6, 6.07) is 6.75. The molecule has 39 heavy (non-hydrogen) atoms. The Hall–Kier alpha value is -4.77. The molecule has 0 unspecified atom stereocenters. The maximum Gasteiger partial charge on any atom is 0.289 e. The first-order chi connectivity index (χ1) is 18.7. The smallest absolute Gasteiger partial charge is 0.289 e. The number of methoxy groups -OCH3 is 1. The second-order valence-corrected chi connectivity index (χ2v) is 8.35. The molecule has 0 saturated carbocycles. The third-order valence-electron chi connectivity index (χ3n) is 5.83. The standard InChI is InChI=1S/C25H27F2N9O3/c1-5-25(26,27)20-10-21(34-36(20)3)32-24-33-23-22(35(24)2)16(11-28)19(14-31-23)39-18(12-29)17-7-6-15(13-30-17)38-9-8-37-4/h6-7,10,12-14H,5,8-9,29H2,1-4H3,(H,31,32,33,34)/b18-12+. The van der Waals surface area contributed by atoms with Gasteiger partial charge in [0.1, 0.15) is 40.9 Å². The van der Waals surface area contributed by atoms with Crippen LogP contribution in [0.3, 0.4) is 0 Å². The molecule has 0 aromatic carbocycles. The van der Waals surface area contributed by atoms with Gasteiger partial charge < -0.3 is 29.8 Å². The van der Waals surface area contributed by atoms with Crippen molar-refractivity contribution in [2.45, 2.75) is 19.3 Å². The van der Waals surface area contributed by atoms with Crippen molar-refractivity contribution < 1.29 is 23.0 Å². The van der Waals surface area contributed by atoms with Gasteiger partial charge in [0.15, 0.2) is 23.0 Å². The SMILES string of the molecule is CCC(F)(F)c1cc(Nc2nc3ncc(O/C(=C/N)c4ccc(OCCOC)cn4)c(C#N)c3n2C)nn1C. The van der Waals surface area contributed by atoms with E-state index in [0.29, 0.717) is 30.2 Å². The molecule has 0 spiro atoms. The van der Waals surface area contributed by atoms with Crippen LogP contribution in [0.1, 0.15) is 30.3 Å². The monoisotopic (exact) mass is 539 g/mol. The second-order valence-electron chi connectivity index (χ2n) is 8.35. The summed E-state index contributed by atoms with van der Waals surface area (Å²) in [6.45, 7) is 2.21. The summed E-state index contributed by atoms with van der Waals surface area (Å²) in [5.41, 5.74) is 6.71. The van der Waals surface area contributed by atoms with E-state index in [4.69, 9.17) is 19.9 Å². The first-order valence-electron chi connectivity index (χ1n) is 11.8. The number of hydrogen-bond donors (Lipinski definition) is 2. The van der Waals surface area contributed by atoms with Gasteiger partial charge in [0.05, 0.1) is 19.0 Å². The average molecular weight is 540 g/mol. The first-order valence-corrected chi connectivity index (χ1v) is 11.8. The van der Waals surface area contributed by atoms with Crippen LogP contribution >= 0.6 is 0 Å². The van der Waals surface area contributed by atoms with Gasteiger partial charge >= 0.3 is 0 Å². The number of hydrogen-bond acceptors (Lipinski definition) is 10. The van der Waals surface area contributed by atoms with Gasteiger partial charge in [0, 0.05) is 39.9 Å². The number of fused-ring (bicyclic) bond motifs is 1. The number of alkyl halides is 2. The maximum absolute atomic E-state index is 14.2. The predicted octanol–water partition coefficient (Wildman–Crippen LogP) is 3.58. The molecule has 0 atom stereocenters. The Kier molecular flexibility index (Phi) is 7.91. The van der Waals surface area contributed by atoms with E-state index in [1.165, 1.54) is 38.6 Å². The first kappa shape index (κ1) is 27.3. The lowest BCUT2D eigenvalue weighted by molar-refractivity contribution is -0.0164. The normalized spacial score (nSPS) is 12.0. The largest absolute Gasteiger partial charge is 0.490 e. The van der Waals surface area contributed by atoms with Crippen LogP contribution in [0.4, 0.5) is 20.5 Å². The lowest BCUT2D eigenvalue weighted by atomic mass is 10.2. The van der Waals surface area contributed by atoms with E-state index in [1.807, 2.05) is 0 Å². The lowest BCUT2D eigenvalue weighted by Crippen LogP contribution is -2.16. The summed E-state index contributed by atoms with van der Waals surface area (Å²) in [7, 11) is 4.67. The third kappa shape index (κ3) is 5.58. The van der Waals surface area contributed by atoms with Crippen molar-refractivity contribution in [3.8, 4) is 17.6 Å². The Morgan fingerprint density at radius 2 is 2.03 bits per heavy atom. The number of aryl methyl sites for hydroxylation is 2. The Labute approximate surface area is 222 Å². The van der Waals surface area contributed by atoms with Crippen LogP contribution in [-0.4, -0.2) is 49.6 Å². The van der Waals surface area contributed by atoms with E-state index in [1.54, 1.807) is 30.9 Å². The molecule has 0 bridgehead atoms. The van der Waals surface area contributed by atoms with Crippen LogP contribution in [0.15, 0.2) is 36.8 Å². The Morgan fingerprint density at radius 3 is 2.67 bits per heavy atom. The van der Waals surface area contributed by atoms with Crippen LogP contribution < -0.4 is 20.5 Å². The number of nitrogens with two attached hydrogens (primary N) is 1. The molecule has 0 amide bonds. The quantitative estimate of drug-likeness (QED) is 0.214. The van der Waals surface area contributed by atoms with E-state index < -0.39 is 5.92 Å². The molecule has 3 N–H and O–H groups in total. The molecule has 4 aromatic rings. The molecule has 0 radical (unpaired) electrons. The van der Waals surface area contributed by atoms with Crippen LogP contribution in [-0.2, 0) is 24.8 Å². The molecule has 4 aromatic heterocycles. The predicted molar refractivity (Wildman–Crippen MR) is 138 cm³/mol. The van der Waals surface area contributed by atoms with Gasteiger partial charge in [-0.15, -0.1) is 0 Å². The zero-order chi connectivity index (χ0) is 28.2. The molecular weight excluding hydrogens is 512 g/mol. The second kappa shape index (κ2) is 11.3. The van der Waals surface area contributed by atoms with E-state index in [2.05, 4.69) is 31.4 Å². The maximum atomic E-state index is 14.2. The number of nitrogens with zero attached hydrogens (tertiary/aromatic N) is 7. The van der Waals surface area contributed by atoms with E-state index >= 15 is 0 Å². The van der Waals surface area contributed by atoms with Gasteiger partial charge in [0.25, 0.3) is 5.92 Å². The van der Waals surface area contributed by atoms with Crippen LogP contribution in [0.5, 0.6) is 11.5 Å². The summed E-state index contributed by atoms with van der Waals surface area (Å²) in [5, 5.41) is 17.0. The minimum atomic E-state index is -3.03. The topological polar surface area (TPSA) is 151 Å². The molecule has 0 aliphatic heterocycles. The highest BCUT2D eigenvalue weighted by atomic mass is 19.3. The van der Waals surface area contributed by atoms with Gasteiger partial charge in [0.2, 0.25) is 5.95 Å². The van der Waals surface area contributed by atoms with E-state index in [9.17, 15) is 14.0 Å². The molecule has 4 heterocycles. The zero-order valence-electron chi connectivity index (χ0n) is 21.8. The Morgan fingerprint density at radius 1 is 1.23 bits per heavy atom. The number of halogens is 2. The van der Waals surface area contributed by atoms with Crippen molar-refractivity contribution >= 4 is 28.7 Å². The molecule has 12 nitrogen and oxygen atoms in total. The summed E-state index contributed by atoms with van der Waals surface area (Å²) < 4.78 is 47.6. The van der Waals surface area contributed by atoms with Crippen molar-refractivity contribution in [2.75, 3.05) is 25.6 Å². The highest BCUT2D eigenvalue weighted by Crippen LogP contribution is 2.34. The fourth-order valence-corrected chi connectivity index (χ4v) is 3.76. The van der Waals surface area contributed by atoms with Gasteiger partial charge in [-0.2, -0.15) is 24.1 Å². The number of rotatable bonds is 11. The van der Waals surface area contributed by atoms with E-state index in [0.717, 1.165) is 4.68 Å². The molecule has 0 saturated heterocycles. The Balaban J connectivity index is 1.61. The van der Waals surface area contributed by atoms with Gasteiger partial charge in [-0.05, 0) is 12.1 Å². The molecular formula is C25H27F2N9O3. The number of nitrogens with one attached hydrogen (secondary N) is 1. The number of imidazole rings is 1. The van der Waals surface area contributed by atoms with Gasteiger partial charge in [-0.25, -0.2) is 9.97 Å². The number of nitriles is 1. The van der Waals surface area contributed by atoms with Gasteiger partial charge in [-0.1, -0.05) is 6.92 Å². The fraction of sp³-hybridized carbons (Fsp3) is 0.320. The van der Waals surface area contributed by atoms with E-state index in [-0.39, 0.29) is 46.6 Å².